The molecule has 0 aromatic heterocycles. The zero-order chi connectivity index (χ0) is 18.8. The maximum atomic E-state index is 11.7. The topological polar surface area (TPSA) is 66.4 Å². The molecule has 1 unspecified atom stereocenters. The van der Waals surface area contributed by atoms with Crippen molar-refractivity contribution in [3.8, 4) is 0 Å². The van der Waals surface area contributed by atoms with Crippen molar-refractivity contribution in [2.75, 3.05) is 7.11 Å². The molecule has 23 heavy (non-hydrogen) atoms. The van der Waals surface area contributed by atoms with E-state index in [4.69, 9.17) is 5.11 Å². The van der Waals surface area contributed by atoms with Crippen LogP contribution in [0.3, 0.4) is 0 Å². The fraction of sp³-hybridized carbons (Fsp3) is 0.684. The lowest BCUT2D eigenvalue weighted by atomic mass is 10.0. The summed E-state index contributed by atoms with van der Waals surface area (Å²) in [7, 11) is 1.00. The molecular weight excluding hydrogens is 290 g/mol. The summed E-state index contributed by atoms with van der Waals surface area (Å²) in [5, 5.41) is 9.73. The molecule has 0 heterocycles. The Labute approximate surface area is 143 Å². The highest BCUT2D eigenvalue weighted by molar-refractivity contribution is 5.90. The van der Waals surface area contributed by atoms with Gasteiger partial charge in [-0.2, -0.15) is 0 Å². The van der Waals surface area contributed by atoms with Crippen molar-refractivity contribution in [2.24, 2.45) is 5.92 Å². The van der Waals surface area contributed by atoms with E-state index in [9.17, 15) is 9.59 Å². The van der Waals surface area contributed by atoms with Gasteiger partial charge in [0, 0.05) is 13.2 Å². The van der Waals surface area contributed by atoms with Crippen molar-refractivity contribution in [1.29, 1.82) is 0 Å². The van der Waals surface area contributed by atoms with Crippen molar-refractivity contribution < 1.29 is 14.7 Å². The first-order chi connectivity index (χ1) is 10.8. The zero-order valence-electron chi connectivity index (χ0n) is 16.3. The smallest absolute Gasteiger partial charge is 0.244 e. The number of rotatable bonds is 8. The van der Waals surface area contributed by atoms with Gasteiger partial charge in [0.25, 0.3) is 0 Å². The molecule has 136 valence electrons. The summed E-state index contributed by atoms with van der Waals surface area (Å²) in [5.74, 6) is 0.214. The van der Waals surface area contributed by atoms with Gasteiger partial charge in [0.1, 0.15) is 6.29 Å². The molecule has 0 saturated heterocycles. The minimum atomic E-state index is -0.380. The number of aliphatic hydroxyl groups excluding tert-OH is 1. The number of nitrogens with one attached hydrogen (secondary N) is 1. The third-order valence-electron chi connectivity index (χ3n) is 2.69. The van der Waals surface area contributed by atoms with Crippen LogP contribution in [0.15, 0.2) is 23.3 Å². The summed E-state index contributed by atoms with van der Waals surface area (Å²) in [6.45, 7) is 14.1. The first kappa shape index (κ1) is 26.5. The summed E-state index contributed by atoms with van der Waals surface area (Å²) >= 11 is 0. The van der Waals surface area contributed by atoms with Crippen molar-refractivity contribution in [3.05, 3.63) is 23.3 Å². The van der Waals surface area contributed by atoms with E-state index in [2.05, 4.69) is 25.2 Å². The van der Waals surface area contributed by atoms with Gasteiger partial charge >= 0.3 is 0 Å². The highest BCUT2D eigenvalue weighted by Crippen LogP contribution is 2.07. The zero-order valence-corrected chi connectivity index (χ0v) is 16.3. The van der Waals surface area contributed by atoms with Gasteiger partial charge in [-0.15, -0.1) is 0 Å². The van der Waals surface area contributed by atoms with Gasteiger partial charge in [-0.05, 0) is 46.0 Å². The number of aliphatic hydroxyl groups is 1. The van der Waals surface area contributed by atoms with Crippen LogP contribution >= 0.6 is 0 Å². The average molecular weight is 328 g/mol. The van der Waals surface area contributed by atoms with Crippen molar-refractivity contribution in [2.45, 2.75) is 73.8 Å². The van der Waals surface area contributed by atoms with Crippen LogP contribution in [0.1, 0.15) is 67.7 Å². The number of hydrogen-bond donors (Lipinski definition) is 2. The third-order valence-corrected chi connectivity index (χ3v) is 2.69. The third kappa shape index (κ3) is 20.6. The Morgan fingerprint density at radius 2 is 1.65 bits per heavy atom. The fourth-order valence-electron chi connectivity index (χ4n) is 1.77. The summed E-state index contributed by atoms with van der Waals surface area (Å²) in [4.78, 5) is 22.6. The van der Waals surface area contributed by atoms with Crippen LogP contribution in [-0.2, 0) is 9.59 Å². The molecule has 4 nitrogen and oxygen atoms in total. The summed E-state index contributed by atoms with van der Waals surface area (Å²) in [6.07, 6.45) is 7.05. The van der Waals surface area contributed by atoms with Crippen LogP contribution < -0.4 is 5.32 Å². The molecule has 0 saturated carbocycles. The van der Waals surface area contributed by atoms with Crippen molar-refractivity contribution in [1.82, 2.24) is 5.32 Å². The second-order valence-corrected chi connectivity index (χ2v) is 5.69. The normalized spacial score (nSPS) is 11.3. The molecule has 0 aromatic rings. The Kier molecular flexibility index (Phi) is 21.4. The molecule has 0 rings (SSSR count). The van der Waals surface area contributed by atoms with Gasteiger partial charge < -0.3 is 15.2 Å². The maximum Gasteiger partial charge on any atom is 0.244 e. The molecule has 0 bridgehead atoms. The van der Waals surface area contributed by atoms with E-state index < -0.39 is 0 Å². The lowest BCUT2D eigenvalue weighted by molar-refractivity contribution is -0.120. The molecule has 0 aliphatic heterocycles. The standard InChI is InChI=1S/C16H27NO2.C2H6.CH4O/c1-12(2)7-6-8-14(5)10-16(19)17-15(11-18)9-13(3)4;2*1-2/h7,10-11,13,15H,6,8-9H2,1-5H3,(H,17,19);1-2H3;2H,1H3/b14-10+;;. The van der Waals surface area contributed by atoms with E-state index in [-0.39, 0.29) is 11.9 Å². The summed E-state index contributed by atoms with van der Waals surface area (Å²) < 4.78 is 0. The molecule has 0 fully saturated rings. The minimum absolute atomic E-state index is 0.174. The van der Waals surface area contributed by atoms with E-state index >= 15 is 0 Å². The van der Waals surface area contributed by atoms with E-state index in [0.717, 1.165) is 31.8 Å². The first-order valence-corrected chi connectivity index (χ1v) is 8.36. The molecule has 1 atom stereocenters. The number of amides is 1. The number of allylic oxidation sites excluding steroid dienone is 3. The van der Waals surface area contributed by atoms with E-state index in [0.29, 0.717) is 12.3 Å². The average Bonchev–Trinajstić information content (AvgIpc) is 2.49. The number of carbonyl (C=O) groups excluding carboxylic acids is 2. The Hall–Kier alpha value is -1.42. The van der Waals surface area contributed by atoms with Gasteiger partial charge in [0.05, 0.1) is 6.04 Å². The molecule has 0 aliphatic carbocycles. The van der Waals surface area contributed by atoms with E-state index in [1.54, 1.807) is 6.08 Å². The van der Waals surface area contributed by atoms with Crippen LogP contribution in [0.5, 0.6) is 0 Å². The predicted octanol–water partition coefficient (Wildman–Crippen LogP) is 4.04. The Morgan fingerprint density at radius 1 is 1.13 bits per heavy atom. The van der Waals surface area contributed by atoms with Crippen molar-refractivity contribution in [3.63, 3.8) is 0 Å². The molecule has 0 aliphatic rings. The SMILES string of the molecule is CC.CC(C)=CCC/C(C)=C/C(=O)NC(C=O)CC(C)C.CO. The Bertz CT molecular complexity index is 354. The Morgan fingerprint density at radius 3 is 2.04 bits per heavy atom. The molecular formula is C19H37NO3. The molecule has 4 heteroatoms. The molecule has 2 N–H and O–H groups in total. The highest BCUT2D eigenvalue weighted by Gasteiger charge is 2.11. The molecule has 0 aromatic carbocycles. The quantitative estimate of drug-likeness (QED) is 0.401. The van der Waals surface area contributed by atoms with Crippen LogP contribution in [0.2, 0.25) is 0 Å². The Balaban J connectivity index is -0.000000919. The second-order valence-electron chi connectivity index (χ2n) is 5.69. The number of hydrogen-bond acceptors (Lipinski definition) is 3. The van der Waals surface area contributed by atoms with Gasteiger partial charge in [0.2, 0.25) is 5.91 Å². The highest BCUT2D eigenvalue weighted by atomic mass is 16.2. The minimum Gasteiger partial charge on any atom is -0.400 e. The van der Waals surface area contributed by atoms with Gasteiger partial charge in [-0.3, -0.25) is 4.79 Å². The van der Waals surface area contributed by atoms with E-state index in [1.165, 1.54) is 5.57 Å². The number of carbonyl (C=O) groups is 2. The largest absolute Gasteiger partial charge is 0.400 e. The van der Waals surface area contributed by atoms with Gasteiger partial charge in [-0.25, -0.2) is 0 Å². The van der Waals surface area contributed by atoms with Gasteiger partial charge in [0.15, 0.2) is 0 Å². The van der Waals surface area contributed by atoms with Crippen LogP contribution in [0.25, 0.3) is 0 Å². The van der Waals surface area contributed by atoms with Crippen LogP contribution in [0, 0.1) is 5.92 Å². The van der Waals surface area contributed by atoms with Crippen LogP contribution in [0.4, 0.5) is 0 Å². The fourth-order valence-corrected chi connectivity index (χ4v) is 1.77. The lowest BCUT2D eigenvalue weighted by Crippen LogP contribution is -2.36. The second kappa shape index (κ2) is 18.6. The lowest BCUT2D eigenvalue weighted by Gasteiger charge is -2.13. The molecule has 0 spiro atoms. The van der Waals surface area contributed by atoms with E-state index in [1.807, 2.05) is 34.6 Å². The van der Waals surface area contributed by atoms with Crippen LogP contribution in [-0.4, -0.2) is 30.5 Å². The summed E-state index contributed by atoms with van der Waals surface area (Å²) in [5.41, 5.74) is 2.32. The van der Waals surface area contributed by atoms with Gasteiger partial charge in [-0.1, -0.05) is 44.9 Å². The first-order valence-electron chi connectivity index (χ1n) is 8.36. The predicted molar refractivity (Wildman–Crippen MR) is 99.4 cm³/mol. The monoisotopic (exact) mass is 327 g/mol. The number of aldehydes is 1. The maximum absolute atomic E-state index is 11.7. The summed E-state index contributed by atoms with van der Waals surface area (Å²) in [6, 6.07) is -0.380. The molecule has 0 radical (unpaired) electrons. The van der Waals surface area contributed by atoms with Crippen molar-refractivity contribution >= 4 is 12.2 Å². The molecule has 1 amide bonds.